The number of hydrogen-bond acceptors (Lipinski definition) is 2. The average molecular weight is 261 g/mol. The fourth-order valence-electron chi connectivity index (χ4n) is 2.60. The minimum absolute atomic E-state index is 0.632. The number of benzene rings is 1. The SMILES string of the molecule is C=CCCCC(NCC)C1Cc2ccccc2S1. The Morgan fingerprint density at radius 2 is 2.33 bits per heavy atom. The largest absolute Gasteiger partial charge is 0.313 e. The zero-order chi connectivity index (χ0) is 12.8. The summed E-state index contributed by atoms with van der Waals surface area (Å²) in [7, 11) is 0. The van der Waals surface area contributed by atoms with Crippen LogP contribution in [-0.4, -0.2) is 17.8 Å². The number of fused-ring (bicyclic) bond motifs is 1. The van der Waals surface area contributed by atoms with Crippen molar-refractivity contribution in [1.29, 1.82) is 0 Å². The van der Waals surface area contributed by atoms with Crippen LogP contribution >= 0.6 is 11.8 Å². The highest BCUT2D eigenvalue weighted by Crippen LogP contribution is 2.39. The molecule has 0 fully saturated rings. The average Bonchev–Trinajstić information content (AvgIpc) is 2.81. The third-order valence-corrected chi connectivity index (χ3v) is 4.96. The smallest absolute Gasteiger partial charge is 0.0289 e. The Labute approximate surface area is 115 Å². The van der Waals surface area contributed by atoms with E-state index in [9.17, 15) is 0 Å². The molecule has 1 aromatic carbocycles. The van der Waals surface area contributed by atoms with E-state index >= 15 is 0 Å². The van der Waals surface area contributed by atoms with Gasteiger partial charge in [0, 0.05) is 16.2 Å². The lowest BCUT2D eigenvalue weighted by atomic mass is 10.0. The van der Waals surface area contributed by atoms with Crippen LogP contribution in [0.3, 0.4) is 0 Å². The van der Waals surface area contributed by atoms with Crippen molar-refractivity contribution in [2.45, 2.75) is 48.8 Å². The van der Waals surface area contributed by atoms with Crippen molar-refractivity contribution in [3.63, 3.8) is 0 Å². The van der Waals surface area contributed by atoms with Crippen molar-refractivity contribution in [2.24, 2.45) is 0 Å². The lowest BCUT2D eigenvalue weighted by Gasteiger charge is -2.23. The van der Waals surface area contributed by atoms with E-state index in [1.54, 1.807) is 0 Å². The fraction of sp³-hybridized carbons (Fsp3) is 0.500. The zero-order valence-electron chi connectivity index (χ0n) is 11.2. The maximum Gasteiger partial charge on any atom is 0.0289 e. The van der Waals surface area contributed by atoms with Crippen molar-refractivity contribution >= 4 is 11.8 Å². The van der Waals surface area contributed by atoms with Gasteiger partial charge in [-0.1, -0.05) is 31.2 Å². The van der Waals surface area contributed by atoms with Crippen LogP contribution in [0, 0.1) is 0 Å². The first kappa shape index (κ1) is 13.7. The second-order valence-corrected chi connectivity index (χ2v) is 6.13. The molecule has 1 nitrogen and oxygen atoms in total. The molecule has 0 aliphatic carbocycles. The van der Waals surface area contributed by atoms with E-state index in [-0.39, 0.29) is 0 Å². The van der Waals surface area contributed by atoms with Gasteiger partial charge >= 0.3 is 0 Å². The van der Waals surface area contributed by atoms with Gasteiger partial charge in [-0.25, -0.2) is 0 Å². The topological polar surface area (TPSA) is 12.0 Å². The molecule has 0 saturated carbocycles. The Hall–Kier alpha value is -0.730. The van der Waals surface area contributed by atoms with Gasteiger partial charge < -0.3 is 5.32 Å². The molecule has 0 spiro atoms. The molecule has 2 rings (SSSR count). The summed E-state index contributed by atoms with van der Waals surface area (Å²) in [5.74, 6) is 0. The van der Waals surface area contributed by atoms with E-state index in [0.717, 1.165) is 13.0 Å². The predicted octanol–water partition coefficient (Wildman–Crippen LogP) is 4.04. The fourth-order valence-corrected chi connectivity index (χ4v) is 4.04. The van der Waals surface area contributed by atoms with Crippen molar-refractivity contribution in [1.82, 2.24) is 5.32 Å². The van der Waals surface area contributed by atoms with Crippen molar-refractivity contribution < 1.29 is 0 Å². The highest BCUT2D eigenvalue weighted by Gasteiger charge is 2.28. The number of hydrogen-bond donors (Lipinski definition) is 1. The summed E-state index contributed by atoms with van der Waals surface area (Å²) in [6.45, 7) is 7.07. The summed E-state index contributed by atoms with van der Waals surface area (Å²) in [6, 6.07) is 9.46. The van der Waals surface area contributed by atoms with Gasteiger partial charge in [-0.2, -0.15) is 0 Å². The third-order valence-electron chi connectivity index (χ3n) is 3.51. The molecule has 1 N–H and O–H groups in total. The Kier molecular flexibility index (Phi) is 5.33. The van der Waals surface area contributed by atoms with E-state index in [2.05, 4.69) is 54.8 Å². The Balaban J connectivity index is 1.94. The molecule has 2 atom stereocenters. The van der Waals surface area contributed by atoms with Crippen molar-refractivity contribution in [2.75, 3.05) is 6.54 Å². The molecule has 18 heavy (non-hydrogen) atoms. The molecule has 98 valence electrons. The maximum atomic E-state index is 3.81. The van der Waals surface area contributed by atoms with Gasteiger partial charge in [0.1, 0.15) is 0 Å². The highest BCUT2D eigenvalue weighted by atomic mass is 32.2. The molecule has 0 aromatic heterocycles. The second kappa shape index (κ2) is 7.01. The summed E-state index contributed by atoms with van der Waals surface area (Å²) < 4.78 is 0. The lowest BCUT2D eigenvalue weighted by molar-refractivity contribution is 0.466. The van der Waals surface area contributed by atoms with Gasteiger partial charge in [0.2, 0.25) is 0 Å². The quantitative estimate of drug-likeness (QED) is 0.587. The van der Waals surface area contributed by atoms with E-state index < -0.39 is 0 Å². The van der Waals surface area contributed by atoms with Crippen molar-refractivity contribution in [3.05, 3.63) is 42.5 Å². The van der Waals surface area contributed by atoms with Gasteiger partial charge in [0.25, 0.3) is 0 Å². The molecule has 0 radical (unpaired) electrons. The molecule has 2 heteroatoms. The molecule has 1 aliphatic heterocycles. The first-order valence-electron chi connectivity index (χ1n) is 6.94. The van der Waals surface area contributed by atoms with E-state index in [1.165, 1.54) is 29.7 Å². The third kappa shape index (κ3) is 3.39. The highest BCUT2D eigenvalue weighted by molar-refractivity contribution is 8.00. The Morgan fingerprint density at radius 3 is 3.06 bits per heavy atom. The first-order chi connectivity index (χ1) is 8.85. The molecular weight excluding hydrogens is 238 g/mol. The van der Waals surface area contributed by atoms with Crippen LogP contribution in [0.2, 0.25) is 0 Å². The van der Waals surface area contributed by atoms with Gasteiger partial charge in [-0.05, 0) is 43.9 Å². The van der Waals surface area contributed by atoms with Crippen LogP contribution in [0.5, 0.6) is 0 Å². The second-order valence-electron chi connectivity index (χ2n) is 4.85. The van der Waals surface area contributed by atoms with Crippen LogP contribution in [-0.2, 0) is 6.42 Å². The number of nitrogens with one attached hydrogen (secondary N) is 1. The Morgan fingerprint density at radius 1 is 1.50 bits per heavy atom. The summed E-state index contributed by atoms with van der Waals surface area (Å²) in [6.07, 6.45) is 6.87. The van der Waals surface area contributed by atoms with Crippen molar-refractivity contribution in [3.8, 4) is 0 Å². The standard InChI is InChI=1S/C16H23NS/c1-3-5-6-10-14(17-4-2)16-12-13-9-7-8-11-15(13)18-16/h3,7-9,11,14,16-17H,1,4-6,10,12H2,2H3. The van der Waals surface area contributed by atoms with Crippen LogP contribution in [0.15, 0.2) is 41.8 Å². The monoisotopic (exact) mass is 261 g/mol. The summed E-state index contributed by atoms with van der Waals surface area (Å²) >= 11 is 2.05. The molecule has 1 aromatic rings. The normalized spacial score (nSPS) is 19.5. The van der Waals surface area contributed by atoms with E-state index in [1.807, 2.05) is 6.08 Å². The van der Waals surface area contributed by atoms with E-state index in [0.29, 0.717) is 11.3 Å². The molecule has 2 unspecified atom stereocenters. The summed E-state index contributed by atoms with van der Waals surface area (Å²) in [5, 5.41) is 4.36. The Bertz CT molecular complexity index is 363. The maximum absolute atomic E-state index is 3.81. The van der Waals surface area contributed by atoms with Crippen LogP contribution in [0.25, 0.3) is 0 Å². The minimum Gasteiger partial charge on any atom is -0.313 e. The predicted molar refractivity (Wildman–Crippen MR) is 81.3 cm³/mol. The molecule has 0 bridgehead atoms. The number of rotatable bonds is 7. The number of unbranched alkanes of at least 4 members (excludes halogenated alkanes) is 1. The molecule has 1 aliphatic rings. The molecular formula is C16H23NS. The first-order valence-corrected chi connectivity index (χ1v) is 7.82. The van der Waals surface area contributed by atoms with Crippen LogP contribution in [0.1, 0.15) is 31.7 Å². The molecule has 1 heterocycles. The lowest BCUT2D eigenvalue weighted by Crippen LogP contribution is -2.37. The summed E-state index contributed by atoms with van der Waals surface area (Å²) in [4.78, 5) is 1.48. The van der Waals surface area contributed by atoms with Gasteiger partial charge in [0.05, 0.1) is 0 Å². The van der Waals surface area contributed by atoms with Crippen LogP contribution < -0.4 is 5.32 Å². The molecule has 0 amide bonds. The number of allylic oxidation sites excluding steroid dienone is 1. The van der Waals surface area contributed by atoms with E-state index in [4.69, 9.17) is 0 Å². The van der Waals surface area contributed by atoms with Gasteiger partial charge in [-0.3, -0.25) is 0 Å². The number of thioether (sulfide) groups is 1. The zero-order valence-corrected chi connectivity index (χ0v) is 12.0. The van der Waals surface area contributed by atoms with Gasteiger partial charge in [-0.15, -0.1) is 18.3 Å². The molecule has 0 saturated heterocycles. The van der Waals surface area contributed by atoms with Crippen LogP contribution in [0.4, 0.5) is 0 Å². The minimum atomic E-state index is 0.632. The van der Waals surface area contributed by atoms with Gasteiger partial charge in [0.15, 0.2) is 0 Å². The summed E-state index contributed by atoms with van der Waals surface area (Å²) in [5.41, 5.74) is 1.53.